The van der Waals surface area contributed by atoms with E-state index in [2.05, 4.69) is 10.3 Å². The molecule has 1 aromatic rings. The monoisotopic (exact) mass is 269 g/mol. The Bertz CT molecular complexity index is 530. The number of aromatic nitrogens is 1. The van der Waals surface area contributed by atoms with Crippen LogP contribution in [0.3, 0.4) is 0 Å². The molecule has 0 unspecified atom stereocenters. The van der Waals surface area contributed by atoms with Crippen LogP contribution in [0, 0.1) is 0 Å². The first-order valence-electron chi connectivity index (χ1n) is 4.94. The molecule has 94 valence electrons. The van der Waals surface area contributed by atoms with Gasteiger partial charge in [-0.2, -0.15) is 0 Å². The highest BCUT2D eigenvalue weighted by atomic mass is 35.5. The zero-order valence-electron chi connectivity index (χ0n) is 9.01. The zero-order chi connectivity index (χ0) is 13.3. The van der Waals surface area contributed by atoms with Gasteiger partial charge in [0.05, 0.1) is 23.7 Å². The molecule has 1 aliphatic rings. The van der Waals surface area contributed by atoms with Crippen LogP contribution in [0.5, 0.6) is 0 Å². The molecule has 2 heterocycles. The van der Waals surface area contributed by atoms with Crippen LogP contribution in [0.4, 0.5) is 5.82 Å². The van der Waals surface area contributed by atoms with Crippen molar-refractivity contribution in [2.45, 2.75) is 0 Å². The molecule has 2 amide bonds. The van der Waals surface area contributed by atoms with Crippen LogP contribution < -0.4 is 10.2 Å². The number of anilines is 1. The summed E-state index contributed by atoms with van der Waals surface area (Å²) in [6.45, 7) is -0.101. The van der Waals surface area contributed by atoms with E-state index >= 15 is 0 Å². The summed E-state index contributed by atoms with van der Waals surface area (Å²) in [5.74, 6) is -1.84. The lowest BCUT2D eigenvalue weighted by Crippen LogP contribution is -2.51. The van der Waals surface area contributed by atoms with Gasteiger partial charge in [-0.3, -0.25) is 14.9 Å². The molecule has 0 aliphatic carbocycles. The van der Waals surface area contributed by atoms with Crippen molar-refractivity contribution in [2.24, 2.45) is 0 Å². The zero-order valence-corrected chi connectivity index (χ0v) is 9.77. The maximum Gasteiger partial charge on any atom is 0.337 e. The van der Waals surface area contributed by atoms with Gasteiger partial charge in [-0.05, 0) is 6.07 Å². The van der Waals surface area contributed by atoms with Crippen LogP contribution in [0.1, 0.15) is 10.4 Å². The summed E-state index contributed by atoms with van der Waals surface area (Å²) < 4.78 is 0. The van der Waals surface area contributed by atoms with Crippen LogP contribution in [0.25, 0.3) is 0 Å². The topological polar surface area (TPSA) is 99.6 Å². The summed E-state index contributed by atoms with van der Waals surface area (Å²) in [4.78, 5) is 38.4. The Morgan fingerprint density at radius 2 is 2.00 bits per heavy atom. The van der Waals surface area contributed by atoms with E-state index in [9.17, 15) is 14.4 Å². The fourth-order valence-corrected chi connectivity index (χ4v) is 1.85. The Hall–Kier alpha value is -2.15. The molecule has 0 aromatic carbocycles. The highest BCUT2D eigenvalue weighted by Crippen LogP contribution is 2.24. The molecule has 0 atom stereocenters. The normalized spacial score (nSPS) is 15.5. The van der Waals surface area contributed by atoms with E-state index in [-0.39, 0.29) is 29.5 Å². The lowest BCUT2D eigenvalue weighted by molar-refractivity contribution is -0.130. The first kappa shape index (κ1) is 12.3. The van der Waals surface area contributed by atoms with E-state index in [1.165, 1.54) is 11.0 Å². The molecule has 0 radical (unpaired) electrons. The molecule has 0 bridgehead atoms. The average molecular weight is 270 g/mol. The van der Waals surface area contributed by atoms with E-state index in [1.54, 1.807) is 0 Å². The Kier molecular flexibility index (Phi) is 3.15. The third-order valence-corrected chi connectivity index (χ3v) is 2.59. The summed E-state index contributed by atoms with van der Waals surface area (Å²) in [6, 6.07) is 1.23. The standard InChI is InChI=1S/C10H8ClN3O4/c11-6-1-5(10(17)18)2-12-9(6)14-3-7(15)13-8(16)4-14/h1-2H,3-4H2,(H,17,18)(H,13,15,16). The number of imide groups is 1. The Balaban J connectivity index is 2.31. The number of piperazine rings is 1. The van der Waals surface area contributed by atoms with Gasteiger partial charge in [0.2, 0.25) is 11.8 Å². The molecule has 2 N–H and O–H groups in total. The molecule has 1 aromatic heterocycles. The maximum absolute atomic E-state index is 11.2. The summed E-state index contributed by atoms with van der Waals surface area (Å²) >= 11 is 5.89. The minimum atomic E-state index is -1.15. The number of hydrogen-bond donors (Lipinski definition) is 2. The summed E-state index contributed by atoms with van der Waals surface area (Å²) in [6.07, 6.45) is 1.13. The number of halogens is 1. The van der Waals surface area contributed by atoms with Gasteiger partial charge in [0, 0.05) is 6.20 Å². The van der Waals surface area contributed by atoms with E-state index < -0.39 is 17.8 Å². The molecule has 18 heavy (non-hydrogen) atoms. The summed E-state index contributed by atoms with van der Waals surface area (Å²) in [7, 11) is 0. The van der Waals surface area contributed by atoms with Crippen molar-refractivity contribution >= 4 is 35.2 Å². The first-order valence-corrected chi connectivity index (χ1v) is 5.31. The molecule has 0 saturated carbocycles. The van der Waals surface area contributed by atoms with E-state index in [4.69, 9.17) is 16.7 Å². The van der Waals surface area contributed by atoms with Gasteiger partial charge in [0.1, 0.15) is 5.82 Å². The van der Waals surface area contributed by atoms with Crippen LogP contribution >= 0.6 is 11.6 Å². The average Bonchev–Trinajstić information content (AvgIpc) is 2.27. The molecule has 1 saturated heterocycles. The number of carboxylic acid groups (broad SMARTS) is 1. The maximum atomic E-state index is 11.2. The van der Waals surface area contributed by atoms with Crippen molar-refractivity contribution in [1.82, 2.24) is 10.3 Å². The fourth-order valence-electron chi connectivity index (χ4n) is 1.57. The lowest BCUT2D eigenvalue weighted by atomic mass is 10.2. The highest BCUT2D eigenvalue weighted by molar-refractivity contribution is 6.33. The van der Waals surface area contributed by atoms with E-state index in [0.717, 1.165) is 6.20 Å². The van der Waals surface area contributed by atoms with Crippen molar-refractivity contribution in [3.05, 3.63) is 22.8 Å². The number of aromatic carboxylic acids is 1. The minimum Gasteiger partial charge on any atom is -0.478 e. The van der Waals surface area contributed by atoms with E-state index in [1.807, 2.05) is 0 Å². The van der Waals surface area contributed by atoms with Crippen molar-refractivity contribution in [2.75, 3.05) is 18.0 Å². The second kappa shape index (κ2) is 4.61. The van der Waals surface area contributed by atoms with Gasteiger partial charge >= 0.3 is 5.97 Å². The number of rotatable bonds is 2. The number of nitrogens with zero attached hydrogens (tertiary/aromatic N) is 2. The highest BCUT2D eigenvalue weighted by Gasteiger charge is 2.25. The van der Waals surface area contributed by atoms with Crippen LogP contribution in [0.2, 0.25) is 5.02 Å². The molecule has 1 aliphatic heterocycles. The van der Waals surface area contributed by atoms with Crippen molar-refractivity contribution in [1.29, 1.82) is 0 Å². The summed E-state index contributed by atoms with van der Waals surface area (Å²) in [5.41, 5.74) is -0.0588. The fraction of sp³-hybridized carbons (Fsp3) is 0.200. The quantitative estimate of drug-likeness (QED) is 0.727. The van der Waals surface area contributed by atoms with Crippen molar-refractivity contribution < 1.29 is 19.5 Å². The van der Waals surface area contributed by atoms with E-state index in [0.29, 0.717) is 0 Å². The lowest BCUT2D eigenvalue weighted by Gasteiger charge is -2.26. The van der Waals surface area contributed by atoms with Gasteiger partial charge in [-0.1, -0.05) is 11.6 Å². The van der Waals surface area contributed by atoms with Crippen LogP contribution in [-0.2, 0) is 9.59 Å². The molecule has 1 fully saturated rings. The predicted octanol–water partition coefficient (Wildman–Crippen LogP) is -0.104. The molecular formula is C10H8ClN3O4. The van der Waals surface area contributed by atoms with Crippen molar-refractivity contribution in [3.8, 4) is 0 Å². The molecule has 7 nitrogen and oxygen atoms in total. The van der Waals surface area contributed by atoms with Gasteiger partial charge < -0.3 is 10.0 Å². The number of pyridine rings is 1. The Morgan fingerprint density at radius 1 is 1.39 bits per heavy atom. The number of hydrogen-bond acceptors (Lipinski definition) is 5. The molecular weight excluding hydrogens is 262 g/mol. The van der Waals surface area contributed by atoms with Gasteiger partial charge in [-0.15, -0.1) is 0 Å². The predicted molar refractivity (Wildman–Crippen MR) is 61.6 cm³/mol. The Labute approximate surface area is 106 Å². The van der Waals surface area contributed by atoms with Gasteiger partial charge in [-0.25, -0.2) is 9.78 Å². The van der Waals surface area contributed by atoms with Gasteiger partial charge in [0.15, 0.2) is 0 Å². The first-order chi connectivity index (χ1) is 8.47. The van der Waals surface area contributed by atoms with Crippen molar-refractivity contribution in [3.63, 3.8) is 0 Å². The second-order valence-corrected chi connectivity index (χ2v) is 4.07. The second-order valence-electron chi connectivity index (χ2n) is 3.66. The largest absolute Gasteiger partial charge is 0.478 e. The number of carbonyl (C=O) groups excluding carboxylic acids is 2. The number of nitrogens with one attached hydrogen (secondary N) is 1. The number of carboxylic acids is 1. The number of amides is 2. The Morgan fingerprint density at radius 3 is 2.50 bits per heavy atom. The molecule has 8 heteroatoms. The van der Waals surface area contributed by atoms with Crippen LogP contribution in [0.15, 0.2) is 12.3 Å². The third kappa shape index (κ3) is 2.40. The number of carbonyl (C=O) groups is 3. The third-order valence-electron chi connectivity index (χ3n) is 2.32. The minimum absolute atomic E-state index is 0.0507. The molecule has 0 spiro atoms. The summed E-state index contributed by atoms with van der Waals surface area (Å²) in [5, 5.41) is 11.0. The SMILES string of the molecule is O=C1CN(c2ncc(C(=O)O)cc2Cl)CC(=O)N1. The smallest absolute Gasteiger partial charge is 0.337 e. The molecule has 2 rings (SSSR count). The van der Waals surface area contributed by atoms with Gasteiger partial charge in [0.25, 0.3) is 0 Å². The van der Waals surface area contributed by atoms with Crippen LogP contribution in [-0.4, -0.2) is 41.0 Å².